The molecule has 0 radical (unpaired) electrons. The van der Waals surface area contributed by atoms with Crippen molar-refractivity contribution in [2.75, 3.05) is 0 Å². The number of allylic oxidation sites excluding steroid dienone is 2. The van der Waals surface area contributed by atoms with E-state index in [9.17, 15) is 13.2 Å². The first kappa shape index (κ1) is 51.5. The van der Waals surface area contributed by atoms with Gasteiger partial charge in [0.25, 0.3) is 0 Å². The Hall–Kier alpha value is -7.45. The number of pyridine rings is 3. The number of alkyl halides is 3. The Kier molecular flexibility index (Phi) is 19.7. The van der Waals surface area contributed by atoms with E-state index in [1.165, 1.54) is 42.1 Å². The Balaban J connectivity index is 0.000000252. The van der Waals surface area contributed by atoms with Crippen LogP contribution in [0.25, 0.3) is 84.5 Å². The van der Waals surface area contributed by atoms with Crippen LogP contribution in [0.2, 0.25) is 0 Å². The number of nitrogens with zero attached hydrogens (tertiary/aromatic N) is 10. The molecule has 16 heteroatoms. The van der Waals surface area contributed by atoms with Crippen molar-refractivity contribution in [3.8, 4) is 79.1 Å². The SMILES string of the molecule is CCCCCCc1ccsc1-c1ccnc(-c2cc(C(F)(F)F)n[n-]2)c1.N#C/C=C\c1ccc(-c2ccnc(-c3cc(-c4ccc(/C=C\C#N)cc4)cc(-c4ncccn4)n3)c2)cc1.[N-]=C=S.[Ru+2]. The van der Waals surface area contributed by atoms with Gasteiger partial charge in [0.15, 0.2) is 5.82 Å². The van der Waals surface area contributed by atoms with Crippen molar-refractivity contribution in [2.24, 2.45) is 0 Å². The number of thiocarbonyl (C=S) groups is 1. The molecule has 8 rings (SSSR count). The number of hydrogen-bond acceptors (Lipinski definition) is 10. The van der Waals surface area contributed by atoms with Gasteiger partial charge in [-0.2, -0.15) is 28.9 Å². The predicted octanol–water partition coefficient (Wildman–Crippen LogP) is 13.6. The first-order chi connectivity index (χ1) is 32.6. The van der Waals surface area contributed by atoms with Crippen molar-refractivity contribution in [3.63, 3.8) is 0 Å². The van der Waals surface area contributed by atoms with Gasteiger partial charge < -0.3 is 15.6 Å². The molecule has 8 aromatic rings. The Morgan fingerprint density at radius 3 is 1.85 bits per heavy atom. The smallest absolute Gasteiger partial charge is 0.753 e. The Bertz CT molecular complexity index is 3060. The number of rotatable bonds is 13. The van der Waals surface area contributed by atoms with Gasteiger partial charge in [0.2, 0.25) is 0 Å². The second-order valence-corrected chi connectivity index (χ2v) is 15.6. The Morgan fingerprint density at radius 1 is 0.676 bits per heavy atom. The number of aryl methyl sites for hydroxylation is 1. The van der Waals surface area contributed by atoms with Crippen molar-refractivity contribution in [1.82, 2.24) is 35.1 Å². The van der Waals surface area contributed by atoms with Gasteiger partial charge in [0, 0.05) is 41.8 Å². The molecule has 6 heterocycles. The summed E-state index contributed by atoms with van der Waals surface area (Å²) < 4.78 is 38.2. The first-order valence-electron chi connectivity index (χ1n) is 20.8. The summed E-state index contributed by atoms with van der Waals surface area (Å²) in [5, 5.41) is 34.9. The third-order valence-electron chi connectivity index (χ3n) is 9.99. The standard InChI is InChI=1S/C32H20N6.C19H19F3N3S.CNS.Ru/c33-15-1-4-23-6-10-25(11-7-23)27-14-19-35-29(20-27)30-21-28(22-31(38-30)32-36-17-3-18-37-32)26-12-8-24(9-13-26)5-2-16-34;1-2-3-4-5-6-13-8-10-26-18(13)14-7-9-23-15(11-14)16-12-17(25-24-16)19(20,21)22;2-1-3;/h1-14,17-22H;7-12H,2-6H2,1H3;;/q;2*-1;+2/b4-1-,5-2-;;;. The zero-order chi connectivity index (χ0) is 47.4. The monoisotopic (exact) mass is 1030 g/mol. The van der Waals surface area contributed by atoms with E-state index in [0.29, 0.717) is 22.9 Å². The summed E-state index contributed by atoms with van der Waals surface area (Å²) >= 11 is 5.34. The quantitative estimate of drug-likeness (QED) is 0.0357. The number of nitriles is 2. The maximum atomic E-state index is 12.7. The number of aromatic nitrogens is 7. The average molecular weight is 1030 g/mol. The molecule has 0 aliphatic carbocycles. The molecular formula is C52H39F3N10RuS2. The number of halogens is 3. The fourth-order valence-electron chi connectivity index (χ4n) is 6.76. The van der Waals surface area contributed by atoms with Gasteiger partial charge in [-0.05, 0) is 129 Å². The van der Waals surface area contributed by atoms with Crippen LogP contribution in [-0.2, 0) is 32.1 Å². The van der Waals surface area contributed by atoms with Gasteiger partial charge in [0.1, 0.15) is 11.4 Å². The van der Waals surface area contributed by atoms with Gasteiger partial charge in [0.05, 0.1) is 29.2 Å². The van der Waals surface area contributed by atoms with E-state index in [1.807, 2.05) is 91.0 Å². The summed E-state index contributed by atoms with van der Waals surface area (Å²) in [4.78, 5) is 23.6. The fraction of sp³-hybridized carbons (Fsp3) is 0.135. The first-order valence-corrected chi connectivity index (χ1v) is 22.1. The Labute approximate surface area is 414 Å². The summed E-state index contributed by atoms with van der Waals surface area (Å²) in [5.41, 5.74) is 9.73. The second kappa shape index (κ2) is 26.0. The third-order valence-corrected chi connectivity index (χ3v) is 11.0. The van der Waals surface area contributed by atoms with E-state index in [0.717, 1.165) is 68.4 Å². The normalized spacial score (nSPS) is 10.7. The van der Waals surface area contributed by atoms with Crippen molar-refractivity contribution in [1.29, 1.82) is 10.5 Å². The molecule has 338 valence electrons. The van der Waals surface area contributed by atoms with Gasteiger partial charge in [-0.25, -0.2) is 15.0 Å². The van der Waals surface area contributed by atoms with Crippen molar-refractivity contribution in [3.05, 3.63) is 173 Å². The third kappa shape index (κ3) is 14.5. The van der Waals surface area contributed by atoms with Gasteiger partial charge in [-0.1, -0.05) is 92.6 Å². The largest absolute Gasteiger partial charge is 2.00 e. The minimum atomic E-state index is -4.50. The van der Waals surface area contributed by atoms with Crippen molar-refractivity contribution < 1.29 is 32.6 Å². The van der Waals surface area contributed by atoms with E-state index in [4.69, 9.17) is 20.9 Å². The van der Waals surface area contributed by atoms with E-state index in [-0.39, 0.29) is 25.2 Å². The van der Waals surface area contributed by atoms with Crippen LogP contribution in [0.4, 0.5) is 13.2 Å². The van der Waals surface area contributed by atoms with E-state index in [2.05, 4.69) is 60.7 Å². The van der Waals surface area contributed by atoms with Crippen LogP contribution in [0.5, 0.6) is 0 Å². The molecule has 0 spiro atoms. The summed E-state index contributed by atoms with van der Waals surface area (Å²) in [7, 11) is 0. The van der Waals surface area contributed by atoms with E-state index < -0.39 is 11.9 Å². The Morgan fingerprint density at radius 2 is 1.25 bits per heavy atom. The molecule has 10 nitrogen and oxygen atoms in total. The van der Waals surface area contributed by atoms with Crippen LogP contribution in [0.15, 0.2) is 145 Å². The summed E-state index contributed by atoms with van der Waals surface area (Å²) in [6.45, 7) is 2.19. The minimum absolute atomic E-state index is 0. The maximum absolute atomic E-state index is 12.7. The van der Waals surface area contributed by atoms with Crippen LogP contribution in [-0.4, -0.2) is 35.2 Å². The predicted molar refractivity (Wildman–Crippen MR) is 262 cm³/mol. The molecule has 0 aliphatic rings. The average Bonchev–Trinajstić information content (AvgIpc) is 4.07. The number of hydrogen-bond donors (Lipinski definition) is 0. The molecule has 0 unspecified atom stereocenters. The van der Waals surface area contributed by atoms with E-state index >= 15 is 0 Å². The molecule has 0 fully saturated rings. The number of benzene rings is 2. The summed E-state index contributed by atoms with van der Waals surface area (Å²) in [5.74, 6) is 0.529. The summed E-state index contributed by atoms with van der Waals surface area (Å²) in [6.07, 6.45) is 14.5. The number of thiophene rings is 1. The van der Waals surface area contributed by atoms with Crippen molar-refractivity contribution >= 4 is 40.9 Å². The van der Waals surface area contributed by atoms with Crippen LogP contribution in [0, 0.1) is 22.7 Å². The molecule has 0 saturated carbocycles. The van der Waals surface area contributed by atoms with E-state index in [1.54, 1.807) is 60.4 Å². The van der Waals surface area contributed by atoms with Gasteiger partial charge in [-0.15, -0.1) is 11.3 Å². The second-order valence-electron chi connectivity index (χ2n) is 14.5. The number of isothiocyanates is 1. The topological polar surface area (TPSA) is 161 Å². The number of unbranched alkanes of at least 4 members (excludes halogenated alkanes) is 3. The molecule has 0 N–H and O–H groups in total. The fourth-order valence-corrected chi connectivity index (χ4v) is 7.72. The van der Waals surface area contributed by atoms with Crippen LogP contribution in [0.3, 0.4) is 0 Å². The molecule has 2 aromatic carbocycles. The molecule has 0 amide bonds. The zero-order valence-corrected chi connectivity index (χ0v) is 39.7. The molecule has 0 saturated heterocycles. The molecule has 0 bridgehead atoms. The molecular weight excluding hydrogens is 987 g/mol. The maximum Gasteiger partial charge on any atom is 2.00 e. The van der Waals surface area contributed by atoms with Crippen LogP contribution in [0.1, 0.15) is 55.0 Å². The zero-order valence-electron chi connectivity index (χ0n) is 36.3. The van der Waals surface area contributed by atoms with Crippen LogP contribution >= 0.6 is 23.6 Å². The van der Waals surface area contributed by atoms with Crippen LogP contribution < -0.4 is 5.10 Å². The van der Waals surface area contributed by atoms with Gasteiger partial charge in [-0.3, -0.25) is 9.97 Å². The molecule has 0 aliphatic heterocycles. The molecule has 0 atom stereocenters. The molecule has 6 aromatic heterocycles. The van der Waals surface area contributed by atoms with Gasteiger partial charge >= 0.3 is 25.7 Å². The summed E-state index contributed by atoms with van der Waals surface area (Å²) in [6, 6.07) is 36.4. The minimum Gasteiger partial charge on any atom is -0.753 e. The molecule has 68 heavy (non-hydrogen) atoms. The van der Waals surface area contributed by atoms with Crippen molar-refractivity contribution in [2.45, 2.75) is 45.2 Å².